The molecule has 1 aliphatic carbocycles. The lowest BCUT2D eigenvalue weighted by Gasteiger charge is -2.31. The van der Waals surface area contributed by atoms with Crippen LogP contribution in [0.25, 0.3) is 27.8 Å². The fraction of sp³-hybridized carbons (Fsp3) is 0.400. The number of ether oxygens (including phenoxy) is 1. The Morgan fingerprint density at radius 1 is 1.13 bits per heavy atom. The van der Waals surface area contributed by atoms with Crippen molar-refractivity contribution in [2.24, 2.45) is 5.92 Å². The van der Waals surface area contributed by atoms with E-state index in [1.807, 2.05) is 12.1 Å². The number of pyridine rings is 3. The largest absolute Gasteiger partial charge is 0.477 e. The Bertz CT molecular complexity index is 2010. The van der Waals surface area contributed by atoms with Crippen molar-refractivity contribution < 1.29 is 23.4 Å². The fourth-order valence-corrected chi connectivity index (χ4v) is 8.20. The second-order valence-electron chi connectivity index (χ2n) is 13.1. The van der Waals surface area contributed by atoms with Gasteiger partial charge in [0, 0.05) is 105 Å². The van der Waals surface area contributed by atoms with Crippen LogP contribution < -0.4 is 15.8 Å². The molecule has 8 rings (SSSR count). The highest BCUT2D eigenvalue weighted by molar-refractivity contribution is 5.97. The number of carboxylic acid groups (broad SMARTS) is 1. The predicted molar refractivity (Wildman–Crippen MR) is 174 cm³/mol. The lowest BCUT2D eigenvalue weighted by atomic mass is 9.96. The number of benzene rings is 1. The number of fused-ring (bicyclic) bond motifs is 5. The minimum Gasteiger partial charge on any atom is -0.477 e. The molecule has 0 amide bonds. The van der Waals surface area contributed by atoms with E-state index in [1.165, 1.54) is 16.5 Å². The molecule has 3 fully saturated rings. The van der Waals surface area contributed by atoms with Crippen molar-refractivity contribution in [2.75, 3.05) is 70.2 Å². The van der Waals surface area contributed by atoms with E-state index < -0.39 is 23.2 Å². The molecule has 12 heteroatoms. The van der Waals surface area contributed by atoms with Gasteiger partial charge in [-0.1, -0.05) is 6.07 Å². The SMILES string of the molecule is CNc1cc(F)c(F)c2c1Cc1ncc(-c3ccc4c(CN5CCOCC5)cc(C(=O)O)c(=O)n4c3)c(N3CC[C@H]4CN(C)CC43)c1-2. The Hall–Kier alpha value is -4.39. The van der Waals surface area contributed by atoms with E-state index >= 15 is 8.78 Å². The number of carbonyl (C=O) groups is 1. The second-order valence-corrected chi connectivity index (χ2v) is 13.1. The molecule has 1 aromatic carbocycles. The zero-order valence-electron chi connectivity index (χ0n) is 26.4. The summed E-state index contributed by atoms with van der Waals surface area (Å²) in [6, 6.07) is 6.61. The summed E-state index contributed by atoms with van der Waals surface area (Å²) in [5.74, 6) is -2.68. The lowest BCUT2D eigenvalue weighted by molar-refractivity contribution is 0.0343. The number of aromatic nitrogens is 2. The van der Waals surface area contributed by atoms with Crippen molar-refractivity contribution in [3.8, 4) is 22.3 Å². The molecular weight excluding hydrogens is 606 g/mol. The number of aromatic carboxylic acids is 1. The van der Waals surface area contributed by atoms with Crippen LogP contribution in [-0.2, 0) is 17.7 Å². The Morgan fingerprint density at radius 3 is 2.70 bits per heavy atom. The Balaban J connectivity index is 1.35. The standard InChI is InChI=1S/C35H36F2N6O4/c1-38-26-13-25(36)32(37)30-22(26)12-27-31(30)33(42-6-5-20-15-40(2)18-29(20)42)24(14-39-27)19-3-4-28-21(16-41-7-9-47-10-8-41)11-23(35(45)46)34(44)43(28)17-19/h3-4,11,13-14,17,20,29,38H,5-10,12,15-16,18H2,1-2H3,(H,45,46)/t20-,29?/m0/s1. The van der Waals surface area contributed by atoms with Crippen LogP contribution >= 0.6 is 0 Å². The first kappa shape index (κ1) is 30.0. The molecule has 0 spiro atoms. The van der Waals surface area contributed by atoms with Crippen LogP contribution in [0.4, 0.5) is 20.2 Å². The molecule has 244 valence electrons. The van der Waals surface area contributed by atoms with Gasteiger partial charge in [-0.05, 0) is 42.6 Å². The van der Waals surface area contributed by atoms with Gasteiger partial charge in [-0.2, -0.15) is 0 Å². The van der Waals surface area contributed by atoms with Gasteiger partial charge in [-0.3, -0.25) is 19.1 Å². The number of rotatable bonds is 6. The predicted octanol–water partition coefficient (Wildman–Crippen LogP) is 3.92. The van der Waals surface area contributed by atoms with Crippen LogP contribution in [0.2, 0.25) is 0 Å². The Morgan fingerprint density at radius 2 is 1.94 bits per heavy atom. The summed E-state index contributed by atoms with van der Waals surface area (Å²) in [4.78, 5) is 37.5. The van der Waals surface area contributed by atoms with Crippen molar-refractivity contribution >= 4 is 22.9 Å². The maximum atomic E-state index is 15.9. The number of morpholine rings is 1. The third-order valence-corrected chi connectivity index (χ3v) is 10.4. The van der Waals surface area contributed by atoms with Gasteiger partial charge in [0.1, 0.15) is 5.56 Å². The van der Waals surface area contributed by atoms with E-state index in [0.717, 1.165) is 37.3 Å². The molecule has 4 aliphatic rings. The van der Waals surface area contributed by atoms with Crippen LogP contribution in [0.15, 0.2) is 41.5 Å². The summed E-state index contributed by atoms with van der Waals surface area (Å²) in [6.07, 6.45) is 4.76. The molecule has 4 aromatic rings. The number of hydrogen-bond donors (Lipinski definition) is 2. The number of hydrogen-bond acceptors (Lipinski definition) is 8. The third-order valence-electron chi connectivity index (χ3n) is 10.4. The number of nitrogens with one attached hydrogen (secondary N) is 1. The first-order valence-corrected chi connectivity index (χ1v) is 16.1. The van der Waals surface area contributed by atoms with Crippen molar-refractivity contribution in [1.29, 1.82) is 0 Å². The van der Waals surface area contributed by atoms with Gasteiger partial charge in [0.25, 0.3) is 5.56 Å². The van der Waals surface area contributed by atoms with Crippen LogP contribution in [-0.4, -0.2) is 96.3 Å². The number of anilines is 2. The van der Waals surface area contributed by atoms with Crippen LogP contribution in [0.5, 0.6) is 0 Å². The highest BCUT2D eigenvalue weighted by Crippen LogP contribution is 2.52. The third kappa shape index (κ3) is 4.80. The first-order chi connectivity index (χ1) is 22.7. The van der Waals surface area contributed by atoms with E-state index in [0.29, 0.717) is 84.3 Å². The van der Waals surface area contributed by atoms with Gasteiger partial charge < -0.3 is 25.0 Å². The summed E-state index contributed by atoms with van der Waals surface area (Å²) in [7, 11) is 3.79. The van der Waals surface area contributed by atoms with Gasteiger partial charge in [0.15, 0.2) is 11.6 Å². The Kier molecular flexibility index (Phi) is 7.27. The molecule has 1 unspecified atom stereocenters. The van der Waals surface area contributed by atoms with Crippen LogP contribution in [0, 0.1) is 17.6 Å². The summed E-state index contributed by atoms with van der Waals surface area (Å²) >= 11 is 0. The van der Waals surface area contributed by atoms with E-state index in [2.05, 4.69) is 27.1 Å². The summed E-state index contributed by atoms with van der Waals surface area (Å²) in [6.45, 7) is 5.61. The molecule has 3 saturated heterocycles. The van der Waals surface area contributed by atoms with E-state index in [-0.39, 0.29) is 17.2 Å². The zero-order valence-corrected chi connectivity index (χ0v) is 26.4. The van der Waals surface area contributed by atoms with Gasteiger partial charge >= 0.3 is 5.97 Å². The lowest BCUT2D eigenvalue weighted by Crippen LogP contribution is -2.36. The maximum absolute atomic E-state index is 15.9. The smallest absolute Gasteiger partial charge is 0.341 e. The molecule has 0 saturated carbocycles. The summed E-state index contributed by atoms with van der Waals surface area (Å²) in [5, 5.41) is 13.0. The van der Waals surface area contributed by atoms with E-state index in [1.54, 1.807) is 19.4 Å². The number of likely N-dealkylation sites (tertiary alicyclic amines) is 1. The highest BCUT2D eigenvalue weighted by Gasteiger charge is 2.43. The monoisotopic (exact) mass is 642 g/mol. The average molecular weight is 643 g/mol. The van der Waals surface area contributed by atoms with Crippen molar-refractivity contribution in [3.05, 3.63) is 81.0 Å². The van der Waals surface area contributed by atoms with Crippen molar-refractivity contribution in [2.45, 2.75) is 25.4 Å². The molecule has 0 bridgehead atoms. The molecule has 47 heavy (non-hydrogen) atoms. The van der Waals surface area contributed by atoms with E-state index in [4.69, 9.17) is 9.72 Å². The normalized spacial score (nSPS) is 20.9. The molecule has 2 N–H and O–H groups in total. The maximum Gasteiger partial charge on any atom is 0.341 e. The summed E-state index contributed by atoms with van der Waals surface area (Å²) < 4.78 is 37.9. The quantitative estimate of drug-likeness (QED) is 0.285. The van der Waals surface area contributed by atoms with Gasteiger partial charge in [-0.25, -0.2) is 13.6 Å². The van der Waals surface area contributed by atoms with Gasteiger partial charge in [0.05, 0.1) is 30.1 Å². The average Bonchev–Trinajstić information content (AvgIpc) is 3.76. The summed E-state index contributed by atoms with van der Waals surface area (Å²) in [5.41, 5.74) is 5.17. The molecule has 2 atom stereocenters. The number of nitrogens with zero attached hydrogens (tertiary/aromatic N) is 5. The van der Waals surface area contributed by atoms with Gasteiger partial charge in [0.2, 0.25) is 0 Å². The van der Waals surface area contributed by atoms with Crippen LogP contribution in [0.3, 0.4) is 0 Å². The van der Waals surface area contributed by atoms with Crippen molar-refractivity contribution in [1.82, 2.24) is 19.2 Å². The molecule has 0 radical (unpaired) electrons. The Labute approximate surface area is 270 Å². The number of halogens is 2. The minimum atomic E-state index is -1.29. The topological polar surface area (TPSA) is 103 Å². The molecule has 3 aromatic heterocycles. The highest BCUT2D eigenvalue weighted by atomic mass is 19.2. The minimum absolute atomic E-state index is 0.177. The van der Waals surface area contributed by atoms with Gasteiger partial charge in [-0.15, -0.1) is 0 Å². The zero-order chi connectivity index (χ0) is 32.6. The van der Waals surface area contributed by atoms with Crippen LogP contribution in [0.1, 0.15) is 33.6 Å². The second kappa shape index (κ2) is 11.4. The molecule has 10 nitrogen and oxygen atoms in total. The molecule has 6 heterocycles. The molecule has 3 aliphatic heterocycles. The number of likely N-dealkylation sites (N-methyl/N-ethyl adjacent to an activating group) is 1. The van der Waals surface area contributed by atoms with Crippen molar-refractivity contribution in [3.63, 3.8) is 0 Å². The van der Waals surface area contributed by atoms with E-state index in [9.17, 15) is 14.7 Å². The molecular formula is C35H36F2N6O4. The first-order valence-electron chi connectivity index (χ1n) is 16.1. The fourth-order valence-electron chi connectivity index (χ4n) is 8.20. The number of carboxylic acids is 1.